The summed E-state index contributed by atoms with van der Waals surface area (Å²) in [6, 6.07) is 13.8. The SMILES string of the molecule is Cc1cc(C)cc(N(C)C(=O)c2ccccc2CCN)c1. The summed E-state index contributed by atoms with van der Waals surface area (Å²) in [4.78, 5) is 14.5. The first-order valence-electron chi connectivity index (χ1n) is 7.17. The van der Waals surface area contributed by atoms with Crippen LogP contribution in [-0.2, 0) is 6.42 Å². The van der Waals surface area contributed by atoms with Gasteiger partial charge in [-0.25, -0.2) is 0 Å². The fraction of sp³-hybridized carbons (Fsp3) is 0.278. The highest BCUT2D eigenvalue weighted by molar-refractivity contribution is 6.06. The van der Waals surface area contributed by atoms with Gasteiger partial charge in [-0.3, -0.25) is 4.79 Å². The highest BCUT2D eigenvalue weighted by atomic mass is 16.2. The van der Waals surface area contributed by atoms with E-state index in [4.69, 9.17) is 5.73 Å². The van der Waals surface area contributed by atoms with Crippen LogP contribution in [0.25, 0.3) is 0 Å². The molecule has 0 aliphatic rings. The van der Waals surface area contributed by atoms with Gasteiger partial charge in [-0.1, -0.05) is 24.3 Å². The van der Waals surface area contributed by atoms with Crippen LogP contribution in [0.3, 0.4) is 0 Å². The first kappa shape index (κ1) is 15.3. The molecule has 3 nitrogen and oxygen atoms in total. The quantitative estimate of drug-likeness (QED) is 0.936. The molecule has 0 aliphatic carbocycles. The zero-order valence-electron chi connectivity index (χ0n) is 12.9. The fourth-order valence-electron chi connectivity index (χ4n) is 2.54. The zero-order chi connectivity index (χ0) is 15.4. The molecule has 0 aromatic heterocycles. The second kappa shape index (κ2) is 6.55. The van der Waals surface area contributed by atoms with E-state index in [9.17, 15) is 4.79 Å². The van der Waals surface area contributed by atoms with Crippen LogP contribution < -0.4 is 10.6 Å². The highest BCUT2D eigenvalue weighted by Crippen LogP contribution is 2.21. The predicted molar refractivity (Wildman–Crippen MR) is 87.8 cm³/mol. The maximum absolute atomic E-state index is 12.7. The Hall–Kier alpha value is -2.13. The Labute approximate surface area is 126 Å². The molecule has 0 saturated carbocycles. The molecule has 0 heterocycles. The van der Waals surface area contributed by atoms with Gasteiger partial charge in [0.2, 0.25) is 0 Å². The van der Waals surface area contributed by atoms with Gasteiger partial charge in [0.1, 0.15) is 0 Å². The summed E-state index contributed by atoms with van der Waals surface area (Å²) in [6.07, 6.45) is 0.711. The van der Waals surface area contributed by atoms with Crippen molar-refractivity contribution in [2.24, 2.45) is 5.73 Å². The maximum atomic E-state index is 12.7. The van der Waals surface area contributed by atoms with Crippen molar-refractivity contribution in [1.82, 2.24) is 0 Å². The standard InChI is InChI=1S/C18H22N2O/c1-13-10-14(2)12-16(11-13)20(3)18(21)17-7-5-4-6-15(17)8-9-19/h4-7,10-12H,8-9,19H2,1-3H3. The lowest BCUT2D eigenvalue weighted by molar-refractivity contribution is 0.0992. The smallest absolute Gasteiger partial charge is 0.258 e. The minimum atomic E-state index is 0.00375. The van der Waals surface area contributed by atoms with E-state index in [2.05, 4.69) is 6.07 Å². The first-order chi connectivity index (χ1) is 10.0. The Balaban J connectivity index is 2.35. The van der Waals surface area contributed by atoms with Crippen molar-refractivity contribution in [3.05, 3.63) is 64.7 Å². The van der Waals surface area contributed by atoms with Crippen LogP contribution >= 0.6 is 0 Å². The lowest BCUT2D eigenvalue weighted by atomic mass is 10.0. The molecule has 1 amide bonds. The second-order valence-corrected chi connectivity index (χ2v) is 5.41. The number of nitrogens with zero attached hydrogens (tertiary/aromatic N) is 1. The van der Waals surface area contributed by atoms with E-state index in [-0.39, 0.29) is 5.91 Å². The van der Waals surface area contributed by atoms with Crippen molar-refractivity contribution < 1.29 is 4.79 Å². The van der Waals surface area contributed by atoms with Crippen LogP contribution in [0, 0.1) is 13.8 Å². The number of hydrogen-bond donors (Lipinski definition) is 1. The number of carbonyl (C=O) groups excluding carboxylic acids is 1. The Morgan fingerprint density at radius 2 is 1.71 bits per heavy atom. The molecule has 0 radical (unpaired) electrons. The molecule has 2 rings (SSSR count). The van der Waals surface area contributed by atoms with Crippen molar-refractivity contribution in [2.75, 3.05) is 18.5 Å². The fourth-order valence-corrected chi connectivity index (χ4v) is 2.54. The van der Waals surface area contributed by atoms with E-state index in [1.54, 1.807) is 4.90 Å². The second-order valence-electron chi connectivity index (χ2n) is 5.41. The van der Waals surface area contributed by atoms with Gasteiger partial charge >= 0.3 is 0 Å². The van der Waals surface area contributed by atoms with E-state index in [1.165, 1.54) is 0 Å². The van der Waals surface area contributed by atoms with Gasteiger partial charge in [-0.2, -0.15) is 0 Å². The molecule has 0 bridgehead atoms. The average molecular weight is 282 g/mol. The van der Waals surface area contributed by atoms with Gasteiger partial charge in [-0.05, 0) is 61.7 Å². The third-order valence-corrected chi connectivity index (χ3v) is 3.56. The minimum absolute atomic E-state index is 0.00375. The molecular formula is C18H22N2O. The van der Waals surface area contributed by atoms with Crippen molar-refractivity contribution in [3.8, 4) is 0 Å². The van der Waals surface area contributed by atoms with Gasteiger partial charge in [0, 0.05) is 18.3 Å². The van der Waals surface area contributed by atoms with Crippen LogP contribution in [0.5, 0.6) is 0 Å². The number of benzene rings is 2. The molecule has 0 atom stereocenters. The van der Waals surface area contributed by atoms with Crippen LogP contribution in [0.15, 0.2) is 42.5 Å². The molecular weight excluding hydrogens is 260 g/mol. The molecule has 0 saturated heterocycles. The molecule has 0 unspecified atom stereocenters. The monoisotopic (exact) mass is 282 g/mol. The lowest BCUT2D eigenvalue weighted by Gasteiger charge is -2.20. The predicted octanol–water partition coefficient (Wildman–Crippen LogP) is 3.08. The van der Waals surface area contributed by atoms with Crippen LogP contribution in [0.2, 0.25) is 0 Å². The summed E-state index contributed by atoms with van der Waals surface area (Å²) in [5.41, 5.74) is 10.6. The number of amides is 1. The van der Waals surface area contributed by atoms with Crippen LogP contribution in [0.4, 0.5) is 5.69 Å². The van der Waals surface area contributed by atoms with E-state index >= 15 is 0 Å². The largest absolute Gasteiger partial charge is 0.330 e. The number of rotatable bonds is 4. The average Bonchev–Trinajstić information content (AvgIpc) is 2.45. The van der Waals surface area contributed by atoms with Gasteiger partial charge in [0.25, 0.3) is 5.91 Å². The van der Waals surface area contributed by atoms with Crippen molar-refractivity contribution in [3.63, 3.8) is 0 Å². The number of nitrogens with two attached hydrogens (primary N) is 1. The van der Waals surface area contributed by atoms with Crippen molar-refractivity contribution in [2.45, 2.75) is 20.3 Å². The summed E-state index contributed by atoms with van der Waals surface area (Å²) in [5.74, 6) is 0.00375. The molecule has 21 heavy (non-hydrogen) atoms. The molecule has 0 fully saturated rings. The van der Waals surface area contributed by atoms with E-state index in [0.29, 0.717) is 13.0 Å². The third-order valence-electron chi connectivity index (χ3n) is 3.56. The summed E-state index contributed by atoms with van der Waals surface area (Å²) in [7, 11) is 1.82. The Kier molecular flexibility index (Phi) is 4.76. The van der Waals surface area contributed by atoms with Crippen LogP contribution in [0.1, 0.15) is 27.0 Å². The van der Waals surface area contributed by atoms with Gasteiger partial charge in [0.05, 0.1) is 0 Å². The van der Waals surface area contributed by atoms with Gasteiger partial charge in [-0.15, -0.1) is 0 Å². The first-order valence-corrected chi connectivity index (χ1v) is 7.17. The normalized spacial score (nSPS) is 10.5. The Bertz CT molecular complexity index is 629. The third kappa shape index (κ3) is 3.50. The number of aryl methyl sites for hydroxylation is 2. The maximum Gasteiger partial charge on any atom is 0.258 e. The molecule has 0 aliphatic heterocycles. The van der Waals surface area contributed by atoms with Crippen molar-refractivity contribution >= 4 is 11.6 Å². The van der Waals surface area contributed by atoms with E-state index in [1.807, 2.05) is 57.3 Å². The summed E-state index contributed by atoms with van der Waals surface area (Å²) in [6.45, 7) is 4.62. The number of anilines is 1. The number of hydrogen-bond acceptors (Lipinski definition) is 2. The summed E-state index contributed by atoms with van der Waals surface area (Å²) < 4.78 is 0. The highest BCUT2D eigenvalue weighted by Gasteiger charge is 2.16. The van der Waals surface area contributed by atoms with E-state index in [0.717, 1.165) is 27.9 Å². The van der Waals surface area contributed by atoms with Crippen LogP contribution in [-0.4, -0.2) is 19.5 Å². The van der Waals surface area contributed by atoms with E-state index < -0.39 is 0 Å². The Morgan fingerprint density at radius 1 is 1.10 bits per heavy atom. The van der Waals surface area contributed by atoms with Gasteiger partial charge in [0.15, 0.2) is 0 Å². The zero-order valence-corrected chi connectivity index (χ0v) is 12.9. The minimum Gasteiger partial charge on any atom is -0.330 e. The molecule has 110 valence electrons. The lowest BCUT2D eigenvalue weighted by Crippen LogP contribution is -2.27. The molecule has 2 N–H and O–H groups in total. The summed E-state index contributed by atoms with van der Waals surface area (Å²) in [5, 5.41) is 0. The molecule has 0 spiro atoms. The van der Waals surface area contributed by atoms with Crippen molar-refractivity contribution in [1.29, 1.82) is 0 Å². The number of carbonyl (C=O) groups is 1. The Morgan fingerprint density at radius 3 is 2.33 bits per heavy atom. The molecule has 3 heteroatoms. The molecule has 2 aromatic rings. The molecule has 2 aromatic carbocycles. The summed E-state index contributed by atoms with van der Waals surface area (Å²) >= 11 is 0. The van der Waals surface area contributed by atoms with Gasteiger partial charge < -0.3 is 10.6 Å². The topological polar surface area (TPSA) is 46.3 Å².